The second-order valence-electron chi connectivity index (χ2n) is 9.20. The first-order chi connectivity index (χ1) is 15.4. The van der Waals surface area contributed by atoms with Gasteiger partial charge in [-0.2, -0.15) is 5.10 Å². The minimum absolute atomic E-state index is 0.0240. The SMILES string of the molecule is CC1(N2CCCC2c2cncc(F)c2)C=Cn2ncc(C(=O)NCC3CCCC3O)c2N1. The van der Waals surface area contributed by atoms with E-state index >= 15 is 0 Å². The second-order valence-corrected chi connectivity index (χ2v) is 9.20. The van der Waals surface area contributed by atoms with Gasteiger partial charge >= 0.3 is 0 Å². The van der Waals surface area contributed by atoms with E-state index in [4.69, 9.17) is 0 Å². The molecule has 1 saturated carbocycles. The number of rotatable bonds is 5. The summed E-state index contributed by atoms with van der Waals surface area (Å²) in [6.07, 6.45) is 12.7. The van der Waals surface area contributed by atoms with Crippen molar-refractivity contribution in [2.24, 2.45) is 5.92 Å². The van der Waals surface area contributed by atoms with Crippen LogP contribution in [0.4, 0.5) is 10.2 Å². The van der Waals surface area contributed by atoms with Gasteiger partial charge in [-0.05, 0) is 50.3 Å². The summed E-state index contributed by atoms with van der Waals surface area (Å²) in [6, 6.07) is 1.57. The lowest BCUT2D eigenvalue weighted by Crippen LogP contribution is -2.52. The Bertz CT molecular complexity index is 1040. The second kappa shape index (κ2) is 8.29. The van der Waals surface area contributed by atoms with E-state index in [1.807, 2.05) is 12.3 Å². The molecule has 0 aromatic carbocycles. The van der Waals surface area contributed by atoms with E-state index in [1.165, 1.54) is 6.20 Å². The molecule has 1 saturated heterocycles. The van der Waals surface area contributed by atoms with Crippen LogP contribution < -0.4 is 10.6 Å². The van der Waals surface area contributed by atoms with Crippen LogP contribution in [0.15, 0.2) is 30.7 Å². The van der Waals surface area contributed by atoms with Crippen molar-refractivity contribution in [3.63, 3.8) is 0 Å². The van der Waals surface area contributed by atoms with Gasteiger partial charge in [0.25, 0.3) is 5.91 Å². The molecule has 3 N–H and O–H groups in total. The highest BCUT2D eigenvalue weighted by Gasteiger charge is 2.41. The first kappa shape index (κ1) is 21.1. The van der Waals surface area contributed by atoms with E-state index < -0.39 is 5.66 Å². The van der Waals surface area contributed by atoms with Gasteiger partial charge in [0.15, 0.2) is 0 Å². The fourth-order valence-electron chi connectivity index (χ4n) is 5.28. The molecule has 1 aliphatic carbocycles. The van der Waals surface area contributed by atoms with Crippen molar-refractivity contribution in [3.8, 4) is 0 Å². The van der Waals surface area contributed by atoms with Crippen molar-refractivity contribution in [1.82, 2.24) is 25.0 Å². The molecule has 2 aromatic rings. The third-order valence-electron chi connectivity index (χ3n) is 7.06. The molecule has 1 amide bonds. The molecular formula is C23H29FN6O2. The fourth-order valence-corrected chi connectivity index (χ4v) is 5.28. The van der Waals surface area contributed by atoms with Crippen LogP contribution in [0.3, 0.4) is 0 Å². The molecule has 2 fully saturated rings. The fraction of sp³-hybridized carbons (Fsp3) is 0.522. The summed E-state index contributed by atoms with van der Waals surface area (Å²) in [5.41, 5.74) is 0.752. The van der Waals surface area contributed by atoms with Gasteiger partial charge < -0.3 is 15.7 Å². The summed E-state index contributed by atoms with van der Waals surface area (Å²) in [4.78, 5) is 19.2. The largest absolute Gasteiger partial charge is 0.393 e. The van der Waals surface area contributed by atoms with Crippen LogP contribution in [-0.2, 0) is 0 Å². The number of hydrogen-bond donors (Lipinski definition) is 3. The Hall–Kier alpha value is -2.78. The van der Waals surface area contributed by atoms with E-state index in [-0.39, 0.29) is 29.8 Å². The third kappa shape index (κ3) is 3.80. The Balaban J connectivity index is 1.34. The maximum atomic E-state index is 13.8. The number of anilines is 1. The normalized spacial score (nSPS) is 29.7. The number of carbonyl (C=O) groups is 1. The van der Waals surface area contributed by atoms with Crippen molar-refractivity contribution in [2.75, 3.05) is 18.4 Å². The quantitative estimate of drug-likeness (QED) is 0.662. The van der Waals surface area contributed by atoms with Crippen LogP contribution in [0.2, 0.25) is 0 Å². The molecule has 3 aliphatic rings. The molecule has 0 radical (unpaired) electrons. The van der Waals surface area contributed by atoms with Gasteiger partial charge in [0, 0.05) is 37.4 Å². The first-order valence-corrected chi connectivity index (χ1v) is 11.3. The van der Waals surface area contributed by atoms with Gasteiger partial charge in [-0.15, -0.1) is 0 Å². The predicted octanol–water partition coefficient (Wildman–Crippen LogP) is 2.76. The smallest absolute Gasteiger partial charge is 0.256 e. The minimum atomic E-state index is -0.569. The molecule has 32 heavy (non-hydrogen) atoms. The number of nitrogens with one attached hydrogen (secondary N) is 2. The standard InChI is InChI=1S/C23H29FN6O2/c1-23(29-8-3-5-19(29)16-10-17(24)13-25-11-16)7-9-30-21(28-23)18(14-27-30)22(32)26-12-15-4-2-6-20(15)31/h7,9-11,13-15,19-20,28,31H,2-6,8,12H2,1H3,(H,26,32). The van der Waals surface area contributed by atoms with Gasteiger partial charge in [-0.3, -0.25) is 14.7 Å². The molecule has 9 heteroatoms. The number of hydrogen-bond acceptors (Lipinski definition) is 6. The maximum absolute atomic E-state index is 13.8. The van der Waals surface area contributed by atoms with Gasteiger partial charge in [-0.25, -0.2) is 9.07 Å². The number of aliphatic hydroxyl groups is 1. The first-order valence-electron chi connectivity index (χ1n) is 11.3. The molecule has 2 aromatic heterocycles. The number of likely N-dealkylation sites (tertiary alicyclic amines) is 1. The van der Waals surface area contributed by atoms with Crippen molar-refractivity contribution in [3.05, 3.63) is 47.7 Å². The highest BCUT2D eigenvalue weighted by Crippen LogP contribution is 2.40. The van der Waals surface area contributed by atoms with Gasteiger partial charge in [0.05, 0.1) is 18.5 Å². The van der Waals surface area contributed by atoms with Crippen LogP contribution in [0.25, 0.3) is 6.20 Å². The topological polar surface area (TPSA) is 95.3 Å². The summed E-state index contributed by atoms with van der Waals surface area (Å²) >= 11 is 0. The number of aliphatic hydroxyl groups excluding tert-OH is 1. The third-order valence-corrected chi connectivity index (χ3v) is 7.06. The number of fused-ring (bicyclic) bond motifs is 1. The van der Waals surface area contributed by atoms with Crippen LogP contribution in [0, 0.1) is 11.7 Å². The minimum Gasteiger partial charge on any atom is -0.393 e. The van der Waals surface area contributed by atoms with Crippen LogP contribution in [-0.4, -0.2) is 55.5 Å². The van der Waals surface area contributed by atoms with Crippen LogP contribution >= 0.6 is 0 Å². The summed E-state index contributed by atoms with van der Waals surface area (Å²) in [7, 11) is 0. The van der Waals surface area contributed by atoms with E-state index in [9.17, 15) is 14.3 Å². The molecule has 4 atom stereocenters. The Morgan fingerprint density at radius 3 is 2.97 bits per heavy atom. The monoisotopic (exact) mass is 440 g/mol. The molecular weight excluding hydrogens is 411 g/mol. The van der Waals surface area contributed by atoms with E-state index in [1.54, 1.807) is 23.1 Å². The van der Waals surface area contributed by atoms with Gasteiger partial charge in [0.1, 0.15) is 22.9 Å². The van der Waals surface area contributed by atoms with Crippen molar-refractivity contribution < 1.29 is 14.3 Å². The number of pyridine rings is 1. The average Bonchev–Trinajstić information content (AvgIpc) is 3.51. The van der Waals surface area contributed by atoms with Crippen LogP contribution in [0.5, 0.6) is 0 Å². The Kier molecular flexibility index (Phi) is 5.46. The zero-order valence-corrected chi connectivity index (χ0v) is 18.2. The molecule has 4 unspecified atom stereocenters. The summed E-state index contributed by atoms with van der Waals surface area (Å²) in [5, 5.41) is 20.8. The van der Waals surface area contributed by atoms with Crippen molar-refractivity contribution in [1.29, 1.82) is 0 Å². The van der Waals surface area contributed by atoms with Crippen molar-refractivity contribution in [2.45, 2.75) is 56.8 Å². The Labute approximate surface area is 186 Å². The highest BCUT2D eigenvalue weighted by atomic mass is 19.1. The average molecular weight is 441 g/mol. The number of halogens is 1. The zero-order valence-electron chi connectivity index (χ0n) is 18.2. The Morgan fingerprint density at radius 2 is 2.19 bits per heavy atom. The molecule has 0 bridgehead atoms. The molecule has 5 rings (SSSR count). The summed E-state index contributed by atoms with van der Waals surface area (Å²) < 4.78 is 15.5. The molecule has 170 valence electrons. The lowest BCUT2D eigenvalue weighted by Gasteiger charge is -2.43. The van der Waals surface area contributed by atoms with E-state index in [2.05, 4.69) is 32.5 Å². The lowest BCUT2D eigenvalue weighted by molar-refractivity contribution is 0.0917. The molecule has 8 nitrogen and oxygen atoms in total. The number of nitrogens with zero attached hydrogens (tertiary/aromatic N) is 4. The maximum Gasteiger partial charge on any atom is 0.256 e. The lowest BCUT2D eigenvalue weighted by atomic mass is 10.0. The highest BCUT2D eigenvalue weighted by molar-refractivity contribution is 5.99. The molecule has 4 heterocycles. The van der Waals surface area contributed by atoms with Gasteiger partial charge in [-0.1, -0.05) is 6.42 Å². The number of aromatic nitrogens is 3. The van der Waals surface area contributed by atoms with E-state index in [0.717, 1.165) is 44.2 Å². The Morgan fingerprint density at radius 1 is 1.31 bits per heavy atom. The predicted molar refractivity (Wildman–Crippen MR) is 118 cm³/mol. The number of carbonyl (C=O) groups excluding carboxylic acids is 1. The summed E-state index contributed by atoms with van der Waals surface area (Å²) in [6.45, 7) is 3.35. The zero-order chi connectivity index (χ0) is 22.3. The van der Waals surface area contributed by atoms with Crippen LogP contribution in [0.1, 0.15) is 61.0 Å². The van der Waals surface area contributed by atoms with E-state index in [0.29, 0.717) is 17.9 Å². The van der Waals surface area contributed by atoms with Gasteiger partial charge in [0.2, 0.25) is 0 Å². The molecule has 0 spiro atoms. The summed E-state index contributed by atoms with van der Waals surface area (Å²) in [5.74, 6) is 0.190. The molecule has 2 aliphatic heterocycles. The van der Waals surface area contributed by atoms with Crippen molar-refractivity contribution >= 4 is 17.9 Å². The number of amides is 1.